The molecule has 0 spiro atoms. The van der Waals surface area contributed by atoms with E-state index < -0.39 is 0 Å². The Balaban J connectivity index is 1.37. The van der Waals surface area contributed by atoms with Gasteiger partial charge >= 0.3 is 0 Å². The summed E-state index contributed by atoms with van der Waals surface area (Å²) in [6.07, 6.45) is 7.36. The number of anilines is 3. The van der Waals surface area contributed by atoms with Crippen molar-refractivity contribution in [3.05, 3.63) is 36.5 Å². The molecule has 1 aliphatic rings. The normalized spacial score (nSPS) is 14.7. The molecule has 0 bridgehead atoms. The van der Waals surface area contributed by atoms with E-state index in [2.05, 4.69) is 31.1 Å². The molecule has 0 radical (unpaired) electrons. The smallest absolute Gasteiger partial charge is 0.223 e. The zero-order valence-electron chi connectivity index (χ0n) is 14.2. The van der Waals surface area contributed by atoms with E-state index in [1.54, 1.807) is 6.20 Å². The van der Waals surface area contributed by atoms with E-state index in [-0.39, 0.29) is 11.8 Å². The second-order valence-electron chi connectivity index (χ2n) is 6.20. The number of aromatic nitrogens is 3. The Morgan fingerprint density at radius 1 is 0.960 bits per heavy atom. The number of rotatable bonds is 7. The van der Waals surface area contributed by atoms with Crippen molar-refractivity contribution in [2.24, 2.45) is 5.92 Å². The molecule has 1 saturated carbocycles. The molecule has 3 rings (SSSR count). The summed E-state index contributed by atoms with van der Waals surface area (Å²) in [7, 11) is 0. The van der Waals surface area contributed by atoms with E-state index in [9.17, 15) is 4.79 Å². The van der Waals surface area contributed by atoms with Gasteiger partial charge in [0.05, 0.1) is 0 Å². The van der Waals surface area contributed by atoms with Crippen LogP contribution >= 0.6 is 0 Å². The van der Waals surface area contributed by atoms with Gasteiger partial charge in [-0.25, -0.2) is 4.98 Å². The predicted octanol–water partition coefficient (Wildman–Crippen LogP) is 2.72. The Morgan fingerprint density at radius 3 is 2.48 bits per heavy atom. The third-order valence-corrected chi connectivity index (χ3v) is 4.29. The number of pyridine rings is 1. The average molecular weight is 340 g/mol. The average Bonchev–Trinajstić information content (AvgIpc) is 2.68. The molecule has 7 nitrogen and oxygen atoms in total. The van der Waals surface area contributed by atoms with Gasteiger partial charge in [-0.05, 0) is 37.1 Å². The molecule has 0 aliphatic heterocycles. The van der Waals surface area contributed by atoms with Crippen LogP contribution in [0.4, 0.5) is 17.5 Å². The molecular weight excluding hydrogens is 316 g/mol. The van der Waals surface area contributed by atoms with Crippen molar-refractivity contribution in [2.75, 3.05) is 23.7 Å². The lowest BCUT2D eigenvalue weighted by Gasteiger charge is -2.20. The van der Waals surface area contributed by atoms with Crippen LogP contribution in [-0.2, 0) is 4.79 Å². The summed E-state index contributed by atoms with van der Waals surface area (Å²) in [4.78, 5) is 16.2. The highest BCUT2D eigenvalue weighted by molar-refractivity contribution is 5.78. The Morgan fingerprint density at radius 2 is 1.76 bits per heavy atom. The fraction of sp³-hybridized carbons (Fsp3) is 0.444. The van der Waals surface area contributed by atoms with Crippen molar-refractivity contribution < 1.29 is 4.79 Å². The standard InChI is InChI=1S/C18H24N6O/c25-18(14-6-2-1-3-7-14)21-13-12-20-16-9-10-17(24-23-16)22-15-8-4-5-11-19-15/h4-5,8-11,14H,1-3,6-7,12-13H2,(H,20,23)(H,21,25)(H,19,22,24). The molecule has 7 heteroatoms. The summed E-state index contributed by atoms with van der Waals surface area (Å²) in [5, 5.41) is 17.5. The lowest BCUT2D eigenvalue weighted by atomic mass is 9.89. The summed E-state index contributed by atoms with van der Waals surface area (Å²) >= 11 is 0. The van der Waals surface area contributed by atoms with E-state index >= 15 is 0 Å². The molecule has 2 aromatic rings. The third-order valence-electron chi connectivity index (χ3n) is 4.29. The summed E-state index contributed by atoms with van der Waals surface area (Å²) in [5.74, 6) is 2.42. The molecule has 0 aromatic carbocycles. The van der Waals surface area contributed by atoms with Crippen molar-refractivity contribution in [3.8, 4) is 0 Å². The van der Waals surface area contributed by atoms with Gasteiger partial charge in [0, 0.05) is 25.2 Å². The molecule has 0 saturated heterocycles. The van der Waals surface area contributed by atoms with Crippen molar-refractivity contribution in [1.29, 1.82) is 0 Å². The van der Waals surface area contributed by atoms with Crippen molar-refractivity contribution in [3.63, 3.8) is 0 Å². The van der Waals surface area contributed by atoms with Crippen LogP contribution in [0.5, 0.6) is 0 Å². The van der Waals surface area contributed by atoms with E-state index in [1.807, 2.05) is 30.3 Å². The van der Waals surface area contributed by atoms with E-state index in [0.29, 0.717) is 24.7 Å². The van der Waals surface area contributed by atoms with Gasteiger partial charge in [-0.15, -0.1) is 10.2 Å². The molecule has 2 aromatic heterocycles. The lowest BCUT2D eigenvalue weighted by Crippen LogP contribution is -2.35. The molecule has 25 heavy (non-hydrogen) atoms. The SMILES string of the molecule is O=C(NCCNc1ccc(Nc2ccccn2)nn1)C1CCCCC1. The second-order valence-corrected chi connectivity index (χ2v) is 6.20. The molecule has 3 N–H and O–H groups in total. The Hall–Kier alpha value is -2.70. The van der Waals surface area contributed by atoms with Crippen LogP contribution < -0.4 is 16.0 Å². The quantitative estimate of drug-likeness (QED) is 0.671. The van der Waals surface area contributed by atoms with E-state index in [1.165, 1.54) is 19.3 Å². The van der Waals surface area contributed by atoms with Gasteiger partial charge in [0.1, 0.15) is 11.6 Å². The highest BCUT2D eigenvalue weighted by Gasteiger charge is 2.20. The Kier molecular flexibility index (Phi) is 6.14. The topological polar surface area (TPSA) is 91.8 Å². The number of hydrogen-bond donors (Lipinski definition) is 3. The largest absolute Gasteiger partial charge is 0.367 e. The van der Waals surface area contributed by atoms with Crippen molar-refractivity contribution in [1.82, 2.24) is 20.5 Å². The van der Waals surface area contributed by atoms with Crippen LogP contribution in [-0.4, -0.2) is 34.2 Å². The van der Waals surface area contributed by atoms with E-state index in [0.717, 1.165) is 18.7 Å². The van der Waals surface area contributed by atoms with Crippen molar-refractivity contribution >= 4 is 23.4 Å². The third kappa shape index (κ3) is 5.41. The maximum atomic E-state index is 12.0. The van der Waals surface area contributed by atoms with Gasteiger partial charge in [0.15, 0.2) is 5.82 Å². The first-order valence-electron chi connectivity index (χ1n) is 8.84. The molecule has 0 unspecified atom stereocenters. The first kappa shape index (κ1) is 17.1. The monoisotopic (exact) mass is 340 g/mol. The zero-order valence-corrected chi connectivity index (χ0v) is 14.2. The van der Waals surface area contributed by atoms with Crippen LogP contribution in [0.3, 0.4) is 0 Å². The number of carbonyl (C=O) groups is 1. The van der Waals surface area contributed by atoms with Gasteiger partial charge < -0.3 is 16.0 Å². The second kappa shape index (κ2) is 8.96. The van der Waals surface area contributed by atoms with Crippen LogP contribution in [0.25, 0.3) is 0 Å². The first-order chi connectivity index (χ1) is 12.3. The molecular formula is C18H24N6O. The molecule has 1 fully saturated rings. The van der Waals surface area contributed by atoms with Crippen LogP contribution in [0, 0.1) is 5.92 Å². The number of hydrogen-bond acceptors (Lipinski definition) is 6. The highest BCUT2D eigenvalue weighted by Crippen LogP contribution is 2.23. The number of amides is 1. The number of carbonyl (C=O) groups excluding carboxylic acids is 1. The summed E-state index contributed by atoms with van der Waals surface area (Å²) in [6, 6.07) is 9.31. The van der Waals surface area contributed by atoms with Gasteiger partial charge in [-0.2, -0.15) is 0 Å². The van der Waals surface area contributed by atoms with Gasteiger partial charge in [0.25, 0.3) is 0 Å². The highest BCUT2D eigenvalue weighted by atomic mass is 16.1. The minimum atomic E-state index is 0.183. The first-order valence-corrected chi connectivity index (χ1v) is 8.84. The maximum absolute atomic E-state index is 12.0. The van der Waals surface area contributed by atoms with Crippen LogP contribution in [0.1, 0.15) is 32.1 Å². The van der Waals surface area contributed by atoms with Crippen LogP contribution in [0.15, 0.2) is 36.5 Å². The van der Waals surface area contributed by atoms with Gasteiger partial charge in [-0.3, -0.25) is 4.79 Å². The minimum Gasteiger partial charge on any atom is -0.367 e. The number of nitrogens with one attached hydrogen (secondary N) is 3. The summed E-state index contributed by atoms with van der Waals surface area (Å²) < 4.78 is 0. The summed E-state index contributed by atoms with van der Waals surface area (Å²) in [5.41, 5.74) is 0. The van der Waals surface area contributed by atoms with Gasteiger partial charge in [0.2, 0.25) is 5.91 Å². The zero-order chi connectivity index (χ0) is 17.3. The molecule has 2 heterocycles. The molecule has 1 amide bonds. The van der Waals surface area contributed by atoms with E-state index in [4.69, 9.17) is 0 Å². The fourth-order valence-corrected chi connectivity index (χ4v) is 2.95. The van der Waals surface area contributed by atoms with Crippen LogP contribution in [0.2, 0.25) is 0 Å². The number of nitrogens with zero attached hydrogens (tertiary/aromatic N) is 3. The van der Waals surface area contributed by atoms with Gasteiger partial charge in [-0.1, -0.05) is 25.3 Å². The fourth-order valence-electron chi connectivity index (χ4n) is 2.95. The Bertz CT molecular complexity index is 655. The van der Waals surface area contributed by atoms with Crippen molar-refractivity contribution in [2.45, 2.75) is 32.1 Å². The molecule has 132 valence electrons. The summed E-state index contributed by atoms with van der Waals surface area (Å²) in [6.45, 7) is 1.21. The lowest BCUT2D eigenvalue weighted by molar-refractivity contribution is -0.125. The maximum Gasteiger partial charge on any atom is 0.223 e. The minimum absolute atomic E-state index is 0.183. The molecule has 1 aliphatic carbocycles. The Labute approximate surface area is 147 Å². The molecule has 0 atom stereocenters. The predicted molar refractivity (Wildman–Crippen MR) is 97.6 cm³/mol.